The van der Waals surface area contributed by atoms with Crippen LogP contribution in [0.2, 0.25) is 0 Å². The van der Waals surface area contributed by atoms with E-state index in [0.29, 0.717) is 36.4 Å². The van der Waals surface area contributed by atoms with Gasteiger partial charge in [-0.05, 0) is 36.1 Å². The Morgan fingerprint density at radius 2 is 1.78 bits per heavy atom. The predicted molar refractivity (Wildman–Crippen MR) is 139 cm³/mol. The number of carbonyl (C=O) groups is 2. The number of rotatable bonds is 10. The van der Waals surface area contributed by atoms with E-state index in [-0.39, 0.29) is 24.9 Å². The molecule has 0 radical (unpaired) electrons. The van der Waals surface area contributed by atoms with Gasteiger partial charge in [0.15, 0.2) is 5.58 Å². The van der Waals surface area contributed by atoms with Crippen LogP contribution in [-0.2, 0) is 29.7 Å². The predicted octanol–water partition coefficient (Wildman–Crippen LogP) is 2.94. The summed E-state index contributed by atoms with van der Waals surface area (Å²) < 4.78 is 6.83. The highest BCUT2D eigenvalue weighted by Gasteiger charge is 2.27. The largest absolute Gasteiger partial charge is 0.419 e. The van der Waals surface area contributed by atoms with Crippen LogP contribution >= 0.6 is 0 Å². The monoisotopic (exact) mass is 493 g/mol. The van der Waals surface area contributed by atoms with E-state index in [4.69, 9.17) is 4.42 Å². The van der Waals surface area contributed by atoms with Crippen LogP contribution in [0.15, 0.2) is 45.6 Å². The summed E-state index contributed by atoms with van der Waals surface area (Å²) in [6.07, 6.45) is 3.04. The number of anilines is 1. The summed E-state index contributed by atoms with van der Waals surface area (Å²) in [6.45, 7) is 5.98. The number of carbonyl (C=O) groups excluding carboxylic acids is 2. The summed E-state index contributed by atoms with van der Waals surface area (Å²) in [4.78, 5) is 40.0. The second-order valence-corrected chi connectivity index (χ2v) is 9.46. The maximum atomic E-state index is 13.4. The number of amides is 2. The molecule has 1 aliphatic heterocycles. The van der Waals surface area contributed by atoms with Crippen molar-refractivity contribution in [2.24, 2.45) is 7.05 Å². The average molecular weight is 494 g/mol. The molecule has 9 heteroatoms. The minimum Gasteiger partial charge on any atom is -0.408 e. The molecule has 0 saturated heterocycles. The van der Waals surface area contributed by atoms with Gasteiger partial charge < -0.3 is 14.6 Å². The highest BCUT2D eigenvalue weighted by atomic mass is 16.4. The van der Waals surface area contributed by atoms with Gasteiger partial charge in [0, 0.05) is 45.5 Å². The van der Waals surface area contributed by atoms with Gasteiger partial charge in [0.1, 0.15) is 0 Å². The van der Waals surface area contributed by atoms with Crippen molar-refractivity contribution in [2.75, 3.05) is 31.6 Å². The first kappa shape index (κ1) is 25.5. The Labute approximate surface area is 211 Å². The third kappa shape index (κ3) is 5.46. The molecular weight excluding hydrogens is 458 g/mol. The zero-order valence-electron chi connectivity index (χ0n) is 21.5. The van der Waals surface area contributed by atoms with Crippen LogP contribution in [0.1, 0.15) is 42.9 Å². The molecule has 1 N–H and O–H groups in total. The van der Waals surface area contributed by atoms with Gasteiger partial charge in [0.2, 0.25) is 5.91 Å². The van der Waals surface area contributed by atoms with E-state index in [9.17, 15) is 14.4 Å². The minimum atomic E-state index is -0.453. The lowest BCUT2D eigenvalue weighted by Gasteiger charge is -2.32. The molecule has 192 valence electrons. The molecule has 9 nitrogen and oxygen atoms in total. The van der Waals surface area contributed by atoms with Crippen molar-refractivity contribution in [3.05, 3.63) is 63.6 Å². The van der Waals surface area contributed by atoms with Crippen molar-refractivity contribution in [1.29, 1.82) is 0 Å². The first-order valence-electron chi connectivity index (χ1n) is 12.5. The number of benzene rings is 2. The SMILES string of the molecule is CCCCCNC(=O)CN(CC(=O)N(C)N1Cc2ccccc2C1)c1cc2oc(=O)n(C)c2cc1C. The molecule has 1 aliphatic rings. The quantitative estimate of drug-likeness (QED) is 0.437. The van der Waals surface area contributed by atoms with Crippen molar-refractivity contribution in [3.63, 3.8) is 0 Å². The molecule has 0 fully saturated rings. The van der Waals surface area contributed by atoms with E-state index in [1.165, 1.54) is 15.7 Å². The maximum Gasteiger partial charge on any atom is 0.419 e. The van der Waals surface area contributed by atoms with Crippen LogP contribution in [0.25, 0.3) is 11.1 Å². The van der Waals surface area contributed by atoms with E-state index < -0.39 is 5.76 Å². The average Bonchev–Trinajstić information content (AvgIpc) is 3.41. The van der Waals surface area contributed by atoms with E-state index in [2.05, 4.69) is 24.4 Å². The fraction of sp³-hybridized carbons (Fsp3) is 0.444. The zero-order chi connectivity index (χ0) is 25.8. The van der Waals surface area contributed by atoms with Crippen LogP contribution in [0.4, 0.5) is 5.69 Å². The Hall–Kier alpha value is -3.59. The fourth-order valence-electron chi connectivity index (χ4n) is 4.62. The Balaban J connectivity index is 1.54. The molecule has 0 bridgehead atoms. The summed E-state index contributed by atoms with van der Waals surface area (Å²) in [6, 6.07) is 11.8. The first-order chi connectivity index (χ1) is 17.3. The smallest absolute Gasteiger partial charge is 0.408 e. The third-order valence-corrected chi connectivity index (χ3v) is 6.82. The van der Waals surface area contributed by atoms with Crippen LogP contribution in [0.3, 0.4) is 0 Å². The van der Waals surface area contributed by atoms with Gasteiger partial charge in [0.05, 0.1) is 18.6 Å². The normalized spacial score (nSPS) is 13.1. The number of unbranched alkanes of at least 4 members (excludes halogenated alkanes) is 2. The lowest BCUT2D eigenvalue weighted by Crippen LogP contribution is -2.48. The van der Waals surface area contributed by atoms with Gasteiger partial charge >= 0.3 is 5.76 Å². The molecule has 2 amide bonds. The molecule has 0 spiro atoms. The topological polar surface area (TPSA) is 91.0 Å². The highest BCUT2D eigenvalue weighted by Crippen LogP contribution is 2.27. The van der Waals surface area contributed by atoms with E-state index in [1.807, 2.05) is 30.1 Å². The van der Waals surface area contributed by atoms with Crippen LogP contribution in [-0.4, -0.2) is 53.1 Å². The molecule has 36 heavy (non-hydrogen) atoms. The van der Waals surface area contributed by atoms with Crippen molar-refractivity contribution in [2.45, 2.75) is 46.2 Å². The molecule has 0 saturated carbocycles. The molecule has 0 unspecified atom stereocenters. The summed E-state index contributed by atoms with van der Waals surface area (Å²) in [7, 11) is 3.42. The number of aryl methyl sites for hydroxylation is 2. The zero-order valence-corrected chi connectivity index (χ0v) is 21.5. The maximum absolute atomic E-state index is 13.4. The number of aromatic nitrogens is 1. The number of nitrogens with one attached hydrogen (secondary N) is 1. The van der Waals surface area contributed by atoms with Gasteiger partial charge in [-0.1, -0.05) is 44.0 Å². The number of nitrogens with zero attached hydrogens (tertiary/aromatic N) is 4. The summed E-state index contributed by atoms with van der Waals surface area (Å²) in [5, 5.41) is 6.61. The molecule has 2 aromatic carbocycles. The number of hydrazine groups is 1. The van der Waals surface area contributed by atoms with Crippen LogP contribution < -0.4 is 16.0 Å². The number of fused-ring (bicyclic) bond motifs is 2. The van der Waals surface area contributed by atoms with Gasteiger partial charge in [-0.2, -0.15) is 0 Å². The molecule has 0 aliphatic carbocycles. The number of likely N-dealkylation sites (N-methyl/N-ethyl adjacent to an activating group) is 1. The van der Waals surface area contributed by atoms with Crippen molar-refractivity contribution < 1.29 is 14.0 Å². The molecule has 4 rings (SSSR count). The first-order valence-corrected chi connectivity index (χ1v) is 12.5. The molecular formula is C27H35N5O4. The van der Waals surface area contributed by atoms with Crippen molar-refractivity contribution in [1.82, 2.24) is 19.9 Å². The molecule has 1 aromatic heterocycles. The van der Waals surface area contributed by atoms with Crippen LogP contribution in [0, 0.1) is 6.92 Å². The van der Waals surface area contributed by atoms with Gasteiger partial charge in [-0.3, -0.25) is 19.2 Å². The van der Waals surface area contributed by atoms with E-state index in [0.717, 1.165) is 24.8 Å². The van der Waals surface area contributed by atoms with Crippen molar-refractivity contribution >= 4 is 28.6 Å². The highest BCUT2D eigenvalue weighted by molar-refractivity contribution is 5.89. The number of hydrogen-bond acceptors (Lipinski definition) is 6. The minimum absolute atomic E-state index is 0.00907. The Kier molecular flexibility index (Phi) is 7.79. The second-order valence-electron chi connectivity index (χ2n) is 9.46. The van der Waals surface area contributed by atoms with Gasteiger partial charge in [-0.25, -0.2) is 9.80 Å². The van der Waals surface area contributed by atoms with Gasteiger partial charge in [-0.15, -0.1) is 0 Å². The molecule has 3 aromatic rings. The fourth-order valence-corrected chi connectivity index (χ4v) is 4.62. The molecule has 2 heterocycles. The van der Waals surface area contributed by atoms with E-state index >= 15 is 0 Å². The van der Waals surface area contributed by atoms with Crippen LogP contribution in [0.5, 0.6) is 0 Å². The summed E-state index contributed by atoms with van der Waals surface area (Å²) in [5.74, 6) is -0.731. The van der Waals surface area contributed by atoms with Crippen molar-refractivity contribution in [3.8, 4) is 0 Å². The summed E-state index contributed by atoms with van der Waals surface area (Å²) in [5.41, 5.74) is 5.05. The Morgan fingerprint density at radius 3 is 2.44 bits per heavy atom. The van der Waals surface area contributed by atoms with Gasteiger partial charge in [0.25, 0.3) is 5.91 Å². The third-order valence-electron chi connectivity index (χ3n) is 6.82. The number of oxazole rings is 1. The summed E-state index contributed by atoms with van der Waals surface area (Å²) >= 11 is 0. The lowest BCUT2D eigenvalue weighted by atomic mass is 10.1. The number of hydrogen-bond donors (Lipinski definition) is 1. The van der Waals surface area contributed by atoms with E-state index in [1.54, 1.807) is 30.1 Å². The Morgan fingerprint density at radius 1 is 1.08 bits per heavy atom. The Bertz CT molecular complexity index is 1290. The lowest BCUT2D eigenvalue weighted by molar-refractivity contribution is -0.145. The second kappa shape index (κ2) is 11.0. The molecule has 0 atom stereocenters. The standard InChI is InChI=1S/C27H35N5O4/c1-5-6-9-12-28-25(33)17-31(22-14-24-23(13-19(22)2)29(3)27(35)36-24)18-26(34)30(4)32-15-20-10-7-8-11-21(20)16-32/h7-8,10-11,13-14H,5-6,9,12,15-18H2,1-4H3,(H,28,33).